The largest absolute Gasteiger partial charge is 0.419 e. The van der Waals surface area contributed by atoms with E-state index in [0.717, 1.165) is 42.3 Å². The van der Waals surface area contributed by atoms with Gasteiger partial charge in [-0.25, -0.2) is 9.97 Å². The Morgan fingerprint density at radius 2 is 2.00 bits per heavy atom. The quantitative estimate of drug-likeness (QED) is 0.900. The molecule has 2 aromatic rings. The van der Waals surface area contributed by atoms with Gasteiger partial charge in [0.2, 0.25) is 5.95 Å². The summed E-state index contributed by atoms with van der Waals surface area (Å²) in [5.74, 6) is 0.120. The van der Waals surface area contributed by atoms with Gasteiger partial charge in [-0.1, -0.05) is 12.1 Å². The fourth-order valence-corrected chi connectivity index (χ4v) is 2.47. The first-order valence-electron chi connectivity index (χ1n) is 7.52. The molecule has 1 aliphatic heterocycles. The maximum Gasteiger partial charge on any atom is 0.419 e. The monoisotopic (exact) mass is 338 g/mol. The molecule has 8 heteroatoms. The summed E-state index contributed by atoms with van der Waals surface area (Å²) >= 11 is 0. The van der Waals surface area contributed by atoms with Crippen LogP contribution in [0.4, 0.5) is 24.8 Å². The molecular formula is C16H17F3N4O. The molecule has 0 unspecified atom stereocenters. The Hall–Kier alpha value is -2.19. The van der Waals surface area contributed by atoms with Crippen LogP contribution in [0.2, 0.25) is 0 Å². The minimum atomic E-state index is -4.44. The lowest BCUT2D eigenvalue weighted by Crippen LogP contribution is -2.33. The van der Waals surface area contributed by atoms with Crippen molar-refractivity contribution < 1.29 is 17.9 Å². The number of nitrogens with zero attached hydrogens (tertiary/aromatic N) is 2. The molecule has 1 atom stereocenters. The molecular weight excluding hydrogens is 321 g/mol. The molecule has 0 amide bonds. The number of halogens is 3. The van der Waals surface area contributed by atoms with E-state index in [1.165, 1.54) is 0 Å². The van der Waals surface area contributed by atoms with E-state index in [0.29, 0.717) is 6.61 Å². The van der Waals surface area contributed by atoms with Gasteiger partial charge in [0, 0.05) is 31.2 Å². The van der Waals surface area contributed by atoms with Crippen molar-refractivity contribution in [2.24, 2.45) is 0 Å². The van der Waals surface area contributed by atoms with Crippen molar-refractivity contribution in [3.63, 3.8) is 0 Å². The van der Waals surface area contributed by atoms with Crippen LogP contribution in [0.15, 0.2) is 30.6 Å². The predicted molar refractivity (Wildman–Crippen MR) is 83.1 cm³/mol. The second kappa shape index (κ2) is 6.74. The van der Waals surface area contributed by atoms with Gasteiger partial charge in [-0.2, -0.15) is 13.2 Å². The highest BCUT2D eigenvalue weighted by molar-refractivity contribution is 5.59. The summed E-state index contributed by atoms with van der Waals surface area (Å²) in [6, 6.07) is 5.77. The number of alkyl halides is 3. The normalized spacial score (nSPS) is 18.4. The van der Waals surface area contributed by atoms with E-state index in [1.807, 2.05) is 25.1 Å². The van der Waals surface area contributed by atoms with Crippen LogP contribution >= 0.6 is 0 Å². The summed E-state index contributed by atoms with van der Waals surface area (Å²) in [4.78, 5) is 7.43. The maximum atomic E-state index is 12.5. The fourth-order valence-electron chi connectivity index (χ4n) is 2.47. The molecule has 3 rings (SSSR count). The topological polar surface area (TPSA) is 59.1 Å². The van der Waals surface area contributed by atoms with Gasteiger partial charge in [0.15, 0.2) is 0 Å². The zero-order valence-corrected chi connectivity index (χ0v) is 13.0. The number of aromatic nitrogens is 2. The minimum absolute atomic E-state index is 0.00817. The molecule has 0 spiro atoms. The molecule has 1 aromatic heterocycles. The number of ether oxygens (including phenoxy) is 1. The van der Waals surface area contributed by atoms with Crippen LogP contribution in [0.5, 0.6) is 0 Å². The van der Waals surface area contributed by atoms with Crippen molar-refractivity contribution in [1.29, 1.82) is 0 Å². The molecule has 2 heterocycles. The smallest absolute Gasteiger partial charge is 0.371 e. The predicted octanol–water partition coefficient (Wildman–Crippen LogP) is 3.21. The highest BCUT2D eigenvalue weighted by Crippen LogP contribution is 2.29. The van der Waals surface area contributed by atoms with Gasteiger partial charge in [-0.3, -0.25) is 0 Å². The summed E-state index contributed by atoms with van der Waals surface area (Å²) in [6.45, 7) is 4.18. The Balaban J connectivity index is 1.73. The zero-order chi connectivity index (χ0) is 17.2. The molecule has 5 nitrogen and oxygen atoms in total. The number of hydrogen-bond donors (Lipinski definition) is 2. The van der Waals surface area contributed by atoms with Crippen molar-refractivity contribution in [3.8, 4) is 0 Å². The van der Waals surface area contributed by atoms with Gasteiger partial charge in [0.05, 0.1) is 18.3 Å². The number of nitrogens with one attached hydrogen (secondary N) is 2. The van der Waals surface area contributed by atoms with Crippen molar-refractivity contribution >= 4 is 11.6 Å². The number of hydrogen-bond acceptors (Lipinski definition) is 5. The molecule has 24 heavy (non-hydrogen) atoms. The van der Waals surface area contributed by atoms with Crippen LogP contribution < -0.4 is 10.6 Å². The van der Waals surface area contributed by atoms with Crippen LogP contribution in [0.25, 0.3) is 0 Å². The van der Waals surface area contributed by atoms with Gasteiger partial charge < -0.3 is 15.4 Å². The highest BCUT2D eigenvalue weighted by atomic mass is 19.4. The second-order valence-electron chi connectivity index (χ2n) is 5.56. The highest BCUT2D eigenvalue weighted by Gasteiger charge is 2.31. The summed E-state index contributed by atoms with van der Waals surface area (Å²) in [5.41, 5.74) is 1.85. The number of rotatable bonds is 3. The third-order valence-electron chi connectivity index (χ3n) is 3.78. The molecule has 128 valence electrons. The van der Waals surface area contributed by atoms with Gasteiger partial charge in [0.25, 0.3) is 0 Å². The SMILES string of the molecule is Cc1cc([C@@H]2CNCCO2)ccc1Nc1ncc(C(F)(F)F)cn1. The van der Waals surface area contributed by atoms with Crippen molar-refractivity contribution in [3.05, 3.63) is 47.3 Å². The van der Waals surface area contributed by atoms with Crippen LogP contribution in [-0.4, -0.2) is 29.7 Å². The van der Waals surface area contributed by atoms with Crippen LogP contribution in [0.3, 0.4) is 0 Å². The zero-order valence-electron chi connectivity index (χ0n) is 13.0. The number of anilines is 2. The Morgan fingerprint density at radius 3 is 2.58 bits per heavy atom. The summed E-state index contributed by atoms with van der Waals surface area (Å²) in [5, 5.41) is 6.21. The summed E-state index contributed by atoms with van der Waals surface area (Å²) < 4.78 is 43.3. The lowest BCUT2D eigenvalue weighted by molar-refractivity contribution is -0.138. The molecule has 1 aromatic carbocycles. The van der Waals surface area contributed by atoms with E-state index >= 15 is 0 Å². The first kappa shape index (κ1) is 16.7. The summed E-state index contributed by atoms with van der Waals surface area (Å²) in [7, 11) is 0. The fraction of sp³-hybridized carbons (Fsp3) is 0.375. The van der Waals surface area contributed by atoms with Crippen LogP contribution in [0.1, 0.15) is 22.8 Å². The van der Waals surface area contributed by atoms with Crippen molar-refractivity contribution in [2.75, 3.05) is 25.0 Å². The van der Waals surface area contributed by atoms with Crippen LogP contribution in [0, 0.1) is 6.92 Å². The first-order chi connectivity index (χ1) is 11.4. The molecule has 0 aliphatic carbocycles. The van der Waals surface area contributed by atoms with E-state index in [1.54, 1.807) is 0 Å². The van der Waals surface area contributed by atoms with E-state index in [2.05, 4.69) is 20.6 Å². The Morgan fingerprint density at radius 1 is 1.25 bits per heavy atom. The second-order valence-corrected chi connectivity index (χ2v) is 5.56. The van der Waals surface area contributed by atoms with Gasteiger partial charge >= 0.3 is 6.18 Å². The molecule has 1 saturated heterocycles. The van der Waals surface area contributed by atoms with Crippen LogP contribution in [-0.2, 0) is 10.9 Å². The van der Waals surface area contributed by atoms with E-state index in [-0.39, 0.29) is 12.1 Å². The third kappa shape index (κ3) is 3.82. The van der Waals surface area contributed by atoms with Gasteiger partial charge in [-0.15, -0.1) is 0 Å². The number of aryl methyl sites for hydroxylation is 1. The number of morpholine rings is 1. The lowest BCUT2D eigenvalue weighted by atomic mass is 10.0. The molecule has 1 aliphatic rings. The van der Waals surface area contributed by atoms with Crippen molar-refractivity contribution in [1.82, 2.24) is 15.3 Å². The average Bonchev–Trinajstić information content (AvgIpc) is 2.57. The van der Waals surface area contributed by atoms with Gasteiger partial charge in [-0.05, 0) is 24.1 Å². The van der Waals surface area contributed by atoms with E-state index in [4.69, 9.17) is 4.74 Å². The Kier molecular flexibility index (Phi) is 4.68. The Bertz CT molecular complexity index is 697. The summed E-state index contributed by atoms with van der Waals surface area (Å²) in [6.07, 6.45) is -2.90. The molecule has 1 fully saturated rings. The standard InChI is InChI=1S/C16H17F3N4O/c1-10-6-11(14-9-20-4-5-24-14)2-3-13(10)23-15-21-7-12(8-22-15)16(17,18)19/h2-3,6-8,14,20H,4-5,9H2,1H3,(H,21,22,23)/t14-/m0/s1. The molecule has 0 saturated carbocycles. The van der Waals surface area contributed by atoms with Gasteiger partial charge in [0.1, 0.15) is 0 Å². The van der Waals surface area contributed by atoms with E-state index in [9.17, 15) is 13.2 Å². The lowest BCUT2D eigenvalue weighted by Gasteiger charge is -2.24. The molecule has 2 N–H and O–H groups in total. The first-order valence-corrected chi connectivity index (χ1v) is 7.52. The Labute approximate surface area is 137 Å². The van der Waals surface area contributed by atoms with E-state index < -0.39 is 11.7 Å². The van der Waals surface area contributed by atoms with Crippen molar-refractivity contribution in [2.45, 2.75) is 19.2 Å². The molecule has 0 bridgehead atoms. The number of benzene rings is 1. The molecule has 0 radical (unpaired) electrons. The minimum Gasteiger partial charge on any atom is -0.371 e. The average molecular weight is 338 g/mol. The third-order valence-corrected chi connectivity index (χ3v) is 3.78. The maximum absolute atomic E-state index is 12.5.